The maximum absolute atomic E-state index is 11.6. The van der Waals surface area contributed by atoms with Crippen LogP contribution >= 0.6 is 11.6 Å². The fraction of sp³-hybridized carbons (Fsp3) is 0.400. The van der Waals surface area contributed by atoms with Crippen LogP contribution in [0.5, 0.6) is 0 Å². The SMILES string of the molecule is CC(C)C(C#N)NC(=O)c1ccc(Cl)nn1. The minimum Gasteiger partial charge on any atom is -0.335 e. The standard InChI is InChI=1S/C10H11ClN4O/c1-6(2)8(5-12)13-10(16)7-3-4-9(11)15-14-7/h3-4,6,8H,1-2H3,(H,13,16). The molecule has 1 N–H and O–H groups in total. The number of hydrogen-bond donors (Lipinski definition) is 1. The van der Waals surface area contributed by atoms with Gasteiger partial charge in [0.05, 0.1) is 6.07 Å². The number of nitriles is 1. The summed E-state index contributed by atoms with van der Waals surface area (Å²) in [7, 11) is 0. The van der Waals surface area contributed by atoms with E-state index in [4.69, 9.17) is 16.9 Å². The molecule has 0 radical (unpaired) electrons. The zero-order valence-corrected chi connectivity index (χ0v) is 9.69. The van der Waals surface area contributed by atoms with Crippen molar-refractivity contribution in [1.82, 2.24) is 15.5 Å². The second-order valence-corrected chi connectivity index (χ2v) is 3.95. The Morgan fingerprint density at radius 3 is 2.62 bits per heavy atom. The molecule has 0 saturated heterocycles. The van der Waals surface area contributed by atoms with Gasteiger partial charge in [0.15, 0.2) is 10.8 Å². The van der Waals surface area contributed by atoms with Crippen molar-refractivity contribution in [3.63, 3.8) is 0 Å². The number of nitrogens with one attached hydrogen (secondary N) is 1. The molecule has 84 valence electrons. The summed E-state index contributed by atoms with van der Waals surface area (Å²) < 4.78 is 0. The molecule has 1 heterocycles. The molecule has 5 nitrogen and oxygen atoms in total. The van der Waals surface area contributed by atoms with Gasteiger partial charge in [-0.1, -0.05) is 25.4 Å². The molecule has 0 fully saturated rings. The van der Waals surface area contributed by atoms with Gasteiger partial charge >= 0.3 is 0 Å². The first-order valence-electron chi connectivity index (χ1n) is 4.74. The molecule has 0 spiro atoms. The molecule has 1 amide bonds. The third kappa shape index (κ3) is 3.17. The Labute approximate surface area is 98.4 Å². The smallest absolute Gasteiger partial charge is 0.272 e. The second kappa shape index (κ2) is 5.42. The van der Waals surface area contributed by atoms with Gasteiger partial charge in [-0.25, -0.2) is 0 Å². The molecule has 1 rings (SSSR count). The fourth-order valence-electron chi connectivity index (χ4n) is 1.00. The number of rotatable bonds is 3. The molecule has 1 unspecified atom stereocenters. The summed E-state index contributed by atoms with van der Waals surface area (Å²) in [6.45, 7) is 3.70. The summed E-state index contributed by atoms with van der Waals surface area (Å²) in [6.07, 6.45) is 0. The van der Waals surface area contributed by atoms with Crippen molar-refractivity contribution in [1.29, 1.82) is 5.26 Å². The molecule has 1 aromatic heterocycles. The summed E-state index contributed by atoms with van der Waals surface area (Å²) in [4.78, 5) is 11.6. The van der Waals surface area contributed by atoms with Crippen LogP contribution < -0.4 is 5.32 Å². The molecule has 0 aliphatic carbocycles. The maximum Gasteiger partial charge on any atom is 0.272 e. The lowest BCUT2D eigenvalue weighted by molar-refractivity contribution is 0.0931. The third-order valence-corrected chi connectivity index (χ3v) is 2.16. The number of halogens is 1. The van der Waals surface area contributed by atoms with Crippen molar-refractivity contribution in [2.45, 2.75) is 19.9 Å². The van der Waals surface area contributed by atoms with E-state index in [1.165, 1.54) is 12.1 Å². The van der Waals surface area contributed by atoms with Crippen LogP contribution in [-0.4, -0.2) is 22.1 Å². The monoisotopic (exact) mass is 238 g/mol. The Bertz CT molecular complexity index is 410. The van der Waals surface area contributed by atoms with Gasteiger partial charge in [0.1, 0.15) is 6.04 Å². The van der Waals surface area contributed by atoms with Crippen molar-refractivity contribution < 1.29 is 4.79 Å². The highest BCUT2D eigenvalue weighted by molar-refractivity contribution is 6.29. The van der Waals surface area contributed by atoms with Crippen LogP contribution in [0.15, 0.2) is 12.1 Å². The minimum atomic E-state index is -0.537. The Hall–Kier alpha value is -1.67. The Kier molecular flexibility index (Phi) is 4.20. The number of nitrogens with zero attached hydrogens (tertiary/aromatic N) is 3. The van der Waals surface area contributed by atoms with E-state index in [0.29, 0.717) is 0 Å². The average Bonchev–Trinajstić information content (AvgIpc) is 2.26. The van der Waals surface area contributed by atoms with Crippen molar-refractivity contribution in [3.8, 4) is 6.07 Å². The first-order valence-corrected chi connectivity index (χ1v) is 5.12. The Balaban J connectivity index is 2.73. The van der Waals surface area contributed by atoms with E-state index in [1.54, 1.807) is 0 Å². The van der Waals surface area contributed by atoms with E-state index in [1.807, 2.05) is 19.9 Å². The molecule has 16 heavy (non-hydrogen) atoms. The van der Waals surface area contributed by atoms with E-state index >= 15 is 0 Å². The van der Waals surface area contributed by atoms with Crippen LogP contribution in [0, 0.1) is 17.2 Å². The van der Waals surface area contributed by atoms with Crippen molar-refractivity contribution in [2.24, 2.45) is 5.92 Å². The highest BCUT2D eigenvalue weighted by atomic mass is 35.5. The molecule has 0 saturated carbocycles. The number of carbonyl (C=O) groups excluding carboxylic acids is 1. The molecule has 1 atom stereocenters. The predicted octanol–water partition coefficient (Wildman–Crippen LogP) is 1.41. The first kappa shape index (κ1) is 12.4. The van der Waals surface area contributed by atoms with E-state index in [-0.39, 0.29) is 16.8 Å². The number of hydrogen-bond acceptors (Lipinski definition) is 4. The van der Waals surface area contributed by atoms with Crippen LogP contribution in [0.1, 0.15) is 24.3 Å². The normalized spacial score (nSPS) is 11.9. The maximum atomic E-state index is 11.6. The summed E-state index contributed by atoms with van der Waals surface area (Å²) in [5, 5.41) is 18.8. The van der Waals surface area contributed by atoms with Gasteiger partial charge in [0.2, 0.25) is 0 Å². The highest BCUT2D eigenvalue weighted by Gasteiger charge is 2.17. The molecule has 0 aromatic carbocycles. The van der Waals surface area contributed by atoms with Crippen molar-refractivity contribution in [3.05, 3.63) is 23.0 Å². The van der Waals surface area contributed by atoms with Crippen LogP contribution in [0.4, 0.5) is 0 Å². The second-order valence-electron chi connectivity index (χ2n) is 3.57. The average molecular weight is 239 g/mol. The van der Waals surface area contributed by atoms with Gasteiger partial charge in [0.25, 0.3) is 5.91 Å². The number of amides is 1. The largest absolute Gasteiger partial charge is 0.335 e. The summed E-state index contributed by atoms with van der Waals surface area (Å²) in [5.74, 6) is -0.390. The Morgan fingerprint density at radius 1 is 1.50 bits per heavy atom. The van der Waals surface area contributed by atoms with Gasteiger partial charge in [-0.2, -0.15) is 5.26 Å². The molecule has 0 bridgehead atoms. The van der Waals surface area contributed by atoms with E-state index in [0.717, 1.165) is 0 Å². The van der Waals surface area contributed by atoms with Gasteiger partial charge in [0, 0.05) is 0 Å². The molecule has 0 aliphatic heterocycles. The van der Waals surface area contributed by atoms with E-state index < -0.39 is 11.9 Å². The lowest BCUT2D eigenvalue weighted by Crippen LogP contribution is -2.37. The van der Waals surface area contributed by atoms with Crippen LogP contribution in [0.25, 0.3) is 0 Å². The van der Waals surface area contributed by atoms with Crippen LogP contribution in [0.3, 0.4) is 0 Å². The van der Waals surface area contributed by atoms with Gasteiger partial charge < -0.3 is 5.32 Å². The van der Waals surface area contributed by atoms with Gasteiger partial charge in [-0.15, -0.1) is 10.2 Å². The number of aromatic nitrogens is 2. The summed E-state index contributed by atoms with van der Waals surface area (Å²) in [5.41, 5.74) is 0.144. The minimum absolute atomic E-state index is 0.0363. The molecule has 1 aromatic rings. The molecular formula is C10H11ClN4O. The topological polar surface area (TPSA) is 78.7 Å². The molecule has 0 aliphatic rings. The van der Waals surface area contributed by atoms with E-state index in [9.17, 15) is 4.79 Å². The zero-order valence-electron chi connectivity index (χ0n) is 8.94. The predicted molar refractivity (Wildman–Crippen MR) is 58.7 cm³/mol. The van der Waals surface area contributed by atoms with Crippen LogP contribution in [-0.2, 0) is 0 Å². The summed E-state index contributed by atoms with van der Waals surface area (Å²) in [6, 6.07) is 4.40. The quantitative estimate of drug-likeness (QED) is 0.864. The zero-order chi connectivity index (χ0) is 12.1. The summed E-state index contributed by atoms with van der Waals surface area (Å²) >= 11 is 5.54. The van der Waals surface area contributed by atoms with Crippen LogP contribution in [0.2, 0.25) is 5.15 Å². The lowest BCUT2D eigenvalue weighted by atomic mass is 10.1. The van der Waals surface area contributed by atoms with Crippen molar-refractivity contribution in [2.75, 3.05) is 0 Å². The number of carbonyl (C=O) groups is 1. The molecule has 6 heteroatoms. The van der Waals surface area contributed by atoms with Gasteiger partial charge in [-0.05, 0) is 18.1 Å². The Morgan fingerprint density at radius 2 is 2.19 bits per heavy atom. The third-order valence-electron chi connectivity index (χ3n) is 1.96. The van der Waals surface area contributed by atoms with Crippen molar-refractivity contribution >= 4 is 17.5 Å². The first-order chi connectivity index (χ1) is 7.54. The molecular weight excluding hydrogens is 228 g/mol. The fourth-order valence-corrected chi connectivity index (χ4v) is 1.10. The van der Waals surface area contributed by atoms with Gasteiger partial charge in [-0.3, -0.25) is 4.79 Å². The lowest BCUT2D eigenvalue weighted by Gasteiger charge is -2.13. The van der Waals surface area contributed by atoms with E-state index in [2.05, 4.69) is 15.5 Å². The highest BCUT2D eigenvalue weighted by Crippen LogP contribution is 2.04.